The zero-order chi connectivity index (χ0) is 12.8. The van der Waals surface area contributed by atoms with Gasteiger partial charge in [0.2, 0.25) is 0 Å². The van der Waals surface area contributed by atoms with Crippen LogP contribution in [0.2, 0.25) is 0 Å². The van der Waals surface area contributed by atoms with Gasteiger partial charge in [-0.15, -0.1) is 0 Å². The standard InChI is InChI=1S/C14H21NO2/c1-4-11(5-2)9-17-14-7-6-12(15)8-13(14)10(3)16/h6-8,11H,4-5,9,15H2,1-3H3. The quantitative estimate of drug-likeness (QED) is 0.608. The Morgan fingerprint density at radius 1 is 1.35 bits per heavy atom. The molecule has 0 unspecified atom stereocenters. The molecule has 2 N–H and O–H groups in total. The second-order valence-corrected chi connectivity index (χ2v) is 4.31. The highest BCUT2D eigenvalue weighted by Gasteiger charge is 2.11. The van der Waals surface area contributed by atoms with E-state index in [4.69, 9.17) is 10.5 Å². The highest BCUT2D eigenvalue weighted by Crippen LogP contribution is 2.23. The molecule has 0 spiro atoms. The summed E-state index contributed by atoms with van der Waals surface area (Å²) in [5.41, 5.74) is 6.82. The number of carbonyl (C=O) groups is 1. The van der Waals surface area contributed by atoms with Crippen molar-refractivity contribution in [1.82, 2.24) is 0 Å². The highest BCUT2D eigenvalue weighted by atomic mass is 16.5. The number of hydrogen-bond donors (Lipinski definition) is 1. The van der Waals surface area contributed by atoms with Crippen LogP contribution in [0.25, 0.3) is 0 Å². The number of ether oxygens (including phenoxy) is 1. The van der Waals surface area contributed by atoms with Gasteiger partial charge < -0.3 is 10.5 Å². The molecular weight excluding hydrogens is 214 g/mol. The van der Waals surface area contributed by atoms with E-state index in [0.717, 1.165) is 12.8 Å². The van der Waals surface area contributed by atoms with E-state index in [-0.39, 0.29) is 5.78 Å². The zero-order valence-electron chi connectivity index (χ0n) is 10.8. The van der Waals surface area contributed by atoms with Crippen molar-refractivity contribution in [1.29, 1.82) is 0 Å². The number of Topliss-reactive ketones (excluding diaryl/α,β-unsaturated/α-hetero) is 1. The maximum absolute atomic E-state index is 11.5. The van der Waals surface area contributed by atoms with Gasteiger partial charge in [-0.05, 0) is 31.0 Å². The fourth-order valence-corrected chi connectivity index (χ4v) is 1.68. The maximum atomic E-state index is 11.5. The lowest BCUT2D eigenvalue weighted by Gasteiger charge is -2.15. The normalized spacial score (nSPS) is 10.6. The van der Waals surface area contributed by atoms with E-state index in [1.807, 2.05) is 0 Å². The number of benzene rings is 1. The maximum Gasteiger partial charge on any atom is 0.163 e. The number of anilines is 1. The van der Waals surface area contributed by atoms with Crippen molar-refractivity contribution >= 4 is 11.5 Å². The van der Waals surface area contributed by atoms with Crippen LogP contribution in [0, 0.1) is 5.92 Å². The molecule has 0 aliphatic heterocycles. The molecule has 0 radical (unpaired) electrons. The molecule has 1 aromatic carbocycles. The Hall–Kier alpha value is -1.51. The second-order valence-electron chi connectivity index (χ2n) is 4.31. The number of nitrogen functional groups attached to an aromatic ring is 1. The zero-order valence-corrected chi connectivity index (χ0v) is 10.8. The summed E-state index contributed by atoms with van der Waals surface area (Å²) in [6.07, 6.45) is 2.17. The lowest BCUT2D eigenvalue weighted by Crippen LogP contribution is -2.12. The second kappa shape index (κ2) is 6.28. The van der Waals surface area contributed by atoms with Crippen LogP contribution < -0.4 is 10.5 Å². The summed E-state index contributed by atoms with van der Waals surface area (Å²) in [6.45, 7) is 6.47. The number of rotatable bonds is 6. The van der Waals surface area contributed by atoms with Crippen LogP contribution in [-0.2, 0) is 0 Å². The van der Waals surface area contributed by atoms with E-state index in [1.54, 1.807) is 18.2 Å². The number of nitrogens with two attached hydrogens (primary N) is 1. The minimum absolute atomic E-state index is 0.0168. The van der Waals surface area contributed by atoms with E-state index in [9.17, 15) is 4.79 Å². The van der Waals surface area contributed by atoms with Gasteiger partial charge in [-0.2, -0.15) is 0 Å². The van der Waals surface area contributed by atoms with E-state index in [1.165, 1.54) is 6.92 Å². The summed E-state index contributed by atoms with van der Waals surface area (Å²) in [4.78, 5) is 11.5. The molecule has 17 heavy (non-hydrogen) atoms. The largest absolute Gasteiger partial charge is 0.493 e. The summed E-state index contributed by atoms with van der Waals surface area (Å²) in [6, 6.07) is 5.20. The smallest absolute Gasteiger partial charge is 0.163 e. The average Bonchev–Trinajstić information content (AvgIpc) is 2.31. The van der Waals surface area contributed by atoms with Crippen molar-refractivity contribution in [3.05, 3.63) is 23.8 Å². The van der Waals surface area contributed by atoms with Gasteiger partial charge in [-0.3, -0.25) is 4.79 Å². The molecule has 94 valence electrons. The fraction of sp³-hybridized carbons (Fsp3) is 0.500. The van der Waals surface area contributed by atoms with E-state index in [0.29, 0.717) is 29.5 Å². The fourth-order valence-electron chi connectivity index (χ4n) is 1.68. The molecule has 1 aromatic rings. The Morgan fingerprint density at radius 3 is 2.53 bits per heavy atom. The van der Waals surface area contributed by atoms with Crippen LogP contribution in [-0.4, -0.2) is 12.4 Å². The van der Waals surface area contributed by atoms with Crippen LogP contribution in [0.15, 0.2) is 18.2 Å². The number of hydrogen-bond acceptors (Lipinski definition) is 3. The molecule has 0 bridgehead atoms. The first-order valence-corrected chi connectivity index (χ1v) is 6.11. The average molecular weight is 235 g/mol. The van der Waals surface area contributed by atoms with Gasteiger partial charge in [0.1, 0.15) is 5.75 Å². The van der Waals surface area contributed by atoms with Crippen LogP contribution in [0.4, 0.5) is 5.69 Å². The highest BCUT2D eigenvalue weighted by molar-refractivity contribution is 5.97. The third-order valence-corrected chi connectivity index (χ3v) is 3.01. The third-order valence-electron chi connectivity index (χ3n) is 3.01. The molecule has 0 saturated heterocycles. The summed E-state index contributed by atoms with van der Waals surface area (Å²) in [7, 11) is 0. The lowest BCUT2D eigenvalue weighted by atomic mass is 10.1. The summed E-state index contributed by atoms with van der Waals surface area (Å²) < 4.78 is 5.72. The Bertz CT molecular complexity index is 384. The first-order chi connectivity index (χ1) is 8.08. The molecule has 3 nitrogen and oxygen atoms in total. The van der Waals surface area contributed by atoms with Crippen molar-refractivity contribution in [2.75, 3.05) is 12.3 Å². The van der Waals surface area contributed by atoms with Crippen molar-refractivity contribution in [2.45, 2.75) is 33.6 Å². The predicted octanol–water partition coefficient (Wildman–Crippen LogP) is 3.29. The van der Waals surface area contributed by atoms with Gasteiger partial charge in [0, 0.05) is 5.69 Å². The van der Waals surface area contributed by atoms with E-state index in [2.05, 4.69) is 13.8 Å². The van der Waals surface area contributed by atoms with Crippen LogP contribution in [0.5, 0.6) is 5.75 Å². The molecule has 0 fully saturated rings. The summed E-state index contributed by atoms with van der Waals surface area (Å²) >= 11 is 0. The predicted molar refractivity (Wildman–Crippen MR) is 70.4 cm³/mol. The minimum atomic E-state index is -0.0168. The number of carbonyl (C=O) groups excluding carboxylic acids is 1. The molecule has 0 aromatic heterocycles. The SMILES string of the molecule is CCC(CC)COc1ccc(N)cc1C(C)=O. The Balaban J connectivity index is 2.80. The van der Waals surface area contributed by atoms with E-state index >= 15 is 0 Å². The topological polar surface area (TPSA) is 52.3 Å². The van der Waals surface area contributed by atoms with Crippen molar-refractivity contribution in [3.8, 4) is 5.75 Å². The molecule has 1 rings (SSSR count). The van der Waals surface area contributed by atoms with Gasteiger partial charge in [-0.1, -0.05) is 26.7 Å². The molecule has 0 amide bonds. The molecule has 3 heteroatoms. The molecule has 0 aliphatic carbocycles. The van der Waals surface area contributed by atoms with Crippen LogP contribution in [0.3, 0.4) is 0 Å². The van der Waals surface area contributed by atoms with E-state index < -0.39 is 0 Å². The van der Waals surface area contributed by atoms with Crippen molar-refractivity contribution in [2.24, 2.45) is 5.92 Å². The Labute approximate surface area is 103 Å². The molecular formula is C14H21NO2. The molecule has 0 aliphatic rings. The minimum Gasteiger partial charge on any atom is -0.493 e. The monoisotopic (exact) mass is 235 g/mol. The van der Waals surface area contributed by atoms with Gasteiger partial charge in [0.05, 0.1) is 12.2 Å². The van der Waals surface area contributed by atoms with Gasteiger partial charge >= 0.3 is 0 Å². The van der Waals surface area contributed by atoms with Crippen LogP contribution in [0.1, 0.15) is 44.0 Å². The van der Waals surface area contributed by atoms with Crippen molar-refractivity contribution in [3.63, 3.8) is 0 Å². The molecule has 0 heterocycles. The summed E-state index contributed by atoms with van der Waals surface area (Å²) in [5, 5.41) is 0. The van der Waals surface area contributed by atoms with Gasteiger partial charge in [0.15, 0.2) is 5.78 Å². The molecule has 0 atom stereocenters. The first-order valence-electron chi connectivity index (χ1n) is 6.11. The molecule has 0 saturated carbocycles. The number of ketones is 1. The Morgan fingerprint density at radius 2 is 2.00 bits per heavy atom. The van der Waals surface area contributed by atoms with Crippen LogP contribution >= 0.6 is 0 Å². The lowest BCUT2D eigenvalue weighted by molar-refractivity contribution is 0.101. The third kappa shape index (κ3) is 3.77. The van der Waals surface area contributed by atoms with Crippen molar-refractivity contribution < 1.29 is 9.53 Å². The summed E-state index contributed by atoms with van der Waals surface area (Å²) in [5.74, 6) is 1.16. The van der Waals surface area contributed by atoms with Gasteiger partial charge in [0.25, 0.3) is 0 Å². The Kier molecular flexibility index (Phi) is 5.01. The first kappa shape index (κ1) is 13.6. The van der Waals surface area contributed by atoms with Gasteiger partial charge in [-0.25, -0.2) is 0 Å².